The van der Waals surface area contributed by atoms with E-state index in [4.69, 9.17) is 4.74 Å². The maximum atomic E-state index is 5.37. The van der Waals surface area contributed by atoms with Crippen molar-refractivity contribution in [3.63, 3.8) is 0 Å². The number of fused-ring (bicyclic) bond motifs is 1. The monoisotopic (exact) mass is 344 g/mol. The molecule has 5 heteroatoms. The Hall–Kier alpha value is -3.47. The van der Waals surface area contributed by atoms with Gasteiger partial charge in [0.05, 0.1) is 23.8 Å². The van der Waals surface area contributed by atoms with Crippen LogP contribution in [0, 0.1) is 0 Å². The third kappa shape index (κ3) is 3.47. The van der Waals surface area contributed by atoms with E-state index in [9.17, 15) is 0 Å². The Bertz CT molecular complexity index is 1010. The number of aromatic nitrogens is 2. The first kappa shape index (κ1) is 16.0. The van der Waals surface area contributed by atoms with Crippen molar-refractivity contribution in [2.75, 3.05) is 17.7 Å². The van der Waals surface area contributed by atoms with Crippen molar-refractivity contribution in [3.8, 4) is 5.75 Å². The van der Waals surface area contributed by atoms with Crippen LogP contribution in [-0.2, 0) is 6.54 Å². The summed E-state index contributed by atoms with van der Waals surface area (Å²) in [6.45, 7) is 0.758. The summed E-state index contributed by atoms with van der Waals surface area (Å²) in [4.78, 5) is 7.93. The maximum absolute atomic E-state index is 5.37. The molecule has 26 heavy (non-hydrogen) atoms. The smallest absolute Gasteiger partial charge is 0.205 e. The molecule has 1 aromatic heterocycles. The van der Waals surface area contributed by atoms with Gasteiger partial charge in [-0.05, 0) is 42.0 Å². The molecule has 0 unspecified atom stereocenters. The summed E-state index contributed by atoms with van der Waals surface area (Å²) in [7, 11) is 1.66. The standard InChI is InChI=1S/C21H20N4O/c1-26-20-10-6-5-9-18(20)24-21-23-17-12-11-15(13-19(17)25-21)14-22-16-7-3-2-4-8-16/h2-13,22H,14H2,1H3,(H2,23,24,25). The molecular weight excluding hydrogens is 324 g/mol. The summed E-state index contributed by atoms with van der Waals surface area (Å²) in [5.41, 5.74) is 5.09. The molecule has 0 saturated carbocycles. The largest absolute Gasteiger partial charge is 0.495 e. The Kier molecular flexibility index (Phi) is 4.43. The number of rotatable bonds is 6. The highest BCUT2D eigenvalue weighted by atomic mass is 16.5. The number of nitrogens with one attached hydrogen (secondary N) is 3. The Morgan fingerprint density at radius 1 is 0.962 bits per heavy atom. The van der Waals surface area contributed by atoms with Gasteiger partial charge in [0.15, 0.2) is 0 Å². The Morgan fingerprint density at radius 3 is 2.62 bits per heavy atom. The minimum absolute atomic E-state index is 0.692. The first-order valence-corrected chi connectivity index (χ1v) is 8.49. The summed E-state index contributed by atoms with van der Waals surface area (Å²) >= 11 is 0. The fraction of sp³-hybridized carbons (Fsp3) is 0.0952. The van der Waals surface area contributed by atoms with Crippen molar-refractivity contribution >= 4 is 28.4 Å². The number of ether oxygens (including phenoxy) is 1. The van der Waals surface area contributed by atoms with Crippen molar-refractivity contribution in [1.29, 1.82) is 0 Å². The zero-order valence-corrected chi connectivity index (χ0v) is 14.5. The quantitative estimate of drug-likeness (QED) is 0.464. The lowest BCUT2D eigenvalue weighted by Crippen LogP contribution is -1.98. The molecule has 0 bridgehead atoms. The number of hydrogen-bond acceptors (Lipinski definition) is 4. The van der Waals surface area contributed by atoms with Gasteiger partial charge in [0.2, 0.25) is 5.95 Å². The van der Waals surface area contributed by atoms with E-state index in [1.807, 2.05) is 48.5 Å². The molecule has 0 aliphatic carbocycles. The molecule has 0 radical (unpaired) electrons. The highest BCUT2D eigenvalue weighted by Crippen LogP contribution is 2.27. The Morgan fingerprint density at radius 2 is 1.77 bits per heavy atom. The van der Waals surface area contributed by atoms with E-state index >= 15 is 0 Å². The van der Waals surface area contributed by atoms with Gasteiger partial charge in [-0.15, -0.1) is 0 Å². The van der Waals surface area contributed by atoms with E-state index in [-0.39, 0.29) is 0 Å². The van der Waals surface area contributed by atoms with E-state index in [0.29, 0.717) is 5.95 Å². The summed E-state index contributed by atoms with van der Waals surface area (Å²) in [5.74, 6) is 1.47. The van der Waals surface area contributed by atoms with Crippen LogP contribution in [0.3, 0.4) is 0 Å². The lowest BCUT2D eigenvalue weighted by Gasteiger charge is -2.08. The third-order valence-electron chi connectivity index (χ3n) is 4.18. The Labute approximate surface area is 152 Å². The molecule has 130 valence electrons. The SMILES string of the molecule is COc1ccccc1Nc1nc2ccc(CNc3ccccc3)cc2[nH]1. The fourth-order valence-electron chi connectivity index (χ4n) is 2.86. The number of methoxy groups -OCH3 is 1. The topological polar surface area (TPSA) is 62.0 Å². The number of anilines is 3. The van der Waals surface area contributed by atoms with Gasteiger partial charge in [0.1, 0.15) is 5.75 Å². The zero-order chi connectivity index (χ0) is 17.8. The molecule has 4 aromatic rings. The number of aromatic amines is 1. The highest BCUT2D eigenvalue weighted by Gasteiger charge is 2.07. The Balaban J connectivity index is 1.52. The van der Waals surface area contributed by atoms with Crippen LogP contribution < -0.4 is 15.4 Å². The third-order valence-corrected chi connectivity index (χ3v) is 4.18. The van der Waals surface area contributed by atoms with E-state index in [0.717, 1.165) is 34.7 Å². The molecule has 0 aliphatic heterocycles. The predicted molar refractivity (Wildman–Crippen MR) is 106 cm³/mol. The molecule has 0 saturated heterocycles. The molecule has 0 spiro atoms. The van der Waals surface area contributed by atoms with Crippen molar-refractivity contribution in [1.82, 2.24) is 9.97 Å². The van der Waals surface area contributed by atoms with Crippen LogP contribution >= 0.6 is 0 Å². The van der Waals surface area contributed by atoms with Gasteiger partial charge in [-0.2, -0.15) is 0 Å². The highest BCUT2D eigenvalue weighted by molar-refractivity contribution is 5.79. The van der Waals surface area contributed by atoms with Gasteiger partial charge >= 0.3 is 0 Å². The molecule has 0 fully saturated rings. The van der Waals surface area contributed by atoms with E-state index in [1.54, 1.807) is 7.11 Å². The lowest BCUT2D eigenvalue weighted by molar-refractivity contribution is 0.417. The van der Waals surface area contributed by atoms with Crippen molar-refractivity contribution < 1.29 is 4.74 Å². The number of para-hydroxylation sites is 3. The van der Waals surface area contributed by atoms with Gasteiger partial charge in [0, 0.05) is 12.2 Å². The molecule has 1 heterocycles. The van der Waals surface area contributed by atoms with Gasteiger partial charge in [-0.1, -0.05) is 36.4 Å². The fourth-order valence-corrected chi connectivity index (χ4v) is 2.86. The minimum Gasteiger partial charge on any atom is -0.495 e. The predicted octanol–water partition coefficient (Wildman–Crippen LogP) is 4.93. The number of nitrogens with zero attached hydrogens (tertiary/aromatic N) is 1. The van der Waals surface area contributed by atoms with Crippen LogP contribution in [0.15, 0.2) is 72.8 Å². The summed E-state index contributed by atoms with van der Waals surface area (Å²) in [6, 6.07) is 24.2. The molecule has 4 rings (SSSR count). The van der Waals surface area contributed by atoms with Crippen LogP contribution in [-0.4, -0.2) is 17.1 Å². The number of H-pyrrole nitrogens is 1. The number of hydrogen-bond donors (Lipinski definition) is 3. The molecule has 0 amide bonds. The average Bonchev–Trinajstić information content (AvgIpc) is 3.09. The van der Waals surface area contributed by atoms with Gasteiger partial charge in [-0.25, -0.2) is 4.98 Å². The maximum Gasteiger partial charge on any atom is 0.205 e. The van der Waals surface area contributed by atoms with E-state index in [2.05, 4.69) is 44.9 Å². The first-order valence-electron chi connectivity index (χ1n) is 8.49. The average molecular weight is 344 g/mol. The zero-order valence-electron chi connectivity index (χ0n) is 14.5. The molecule has 3 aromatic carbocycles. The van der Waals surface area contributed by atoms with Crippen molar-refractivity contribution in [2.24, 2.45) is 0 Å². The van der Waals surface area contributed by atoms with Gasteiger partial charge in [0.25, 0.3) is 0 Å². The van der Waals surface area contributed by atoms with Gasteiger partial charge < -0.3 is 20.4 Å². The second-order valence-electron chi connectivity index (χ2n) is 5.98. The number of benzene rings is 3. The van der Waals surface area contributed by atoms with Crippen molar-refractivity contribution in [3.05, 3.63) is 78.4 Å². The first-order chi connectivity index (χ1) is 12.8. The second-order valence-corrected chi connectivity index (χ2v) is 5.98. The molecular formula is C21H20N4O. The van der Waals surface area contributed by atoms with Gasteiger partial charge in [-0.3, -0.25) is 0 Å². The molecule has 0 atom stereocenters. The van der Waals surface area contributed by atoms with E-state index < -0.39 is 0 Å². The second kappa shape index (κ2) is 7.19. The molecule has 3 N–H and O–H groups in total. The van der Waals surface area contributed by atoms with Crippen LogP contribution in [0.5, 0.6) is 5.75 Å². The van der Waals surface area contributed by atoms with Crippen LogP contribution in [0.2, 0.25) is 0 Å². The van der Waals surface area contributed by atoms with Crippen molar-refractivity contribution in [2.45, 2.75) is 6.54 Å². The normalized spacial score (nSPS) is 10.7. The summed E-state index contributed by atoms with van der Waals surface area (Å²) in [5, 5.41) is 6.70. The lowest BCUT2D eigenvalue weighted by atomic mass is 10.2. The van der Waals surface area contributed by atoms with Crippen LogP contribution in [0.1, 0.15) is 5.56 Å². The summed E-state index contributed by atoms with van der Waals surface area (Å²) < 4.78 is 5.37. The number of imidazole rings is 1. The van der Waals surface area contributed by atoms with E-state index in [1.165, 1.54) is 5.56 Å². The van der Waals surface area contributed by atoms with Crippen LogP contribution in [0.25, 0.3) is 11.0 Å². The minimum atomic E-state index is 0.692. The summed E-state index contributed by atoms with van der Waals surface area (Å²) in [6.07, 6.45) is 0. The molecule has 0 aliphatic rings. The van der Waals surface area contributed by atoms with Crippen LogP contribution in [0.4, 0.5) is 17.3 Å². The molecule has 5 nitrogen and oxygen atoms in total.